The highest BCUT2D eigenvalue weighted by atomic mass is 32.2. The second kappa shape index (κ2) is 4.36. The summed E-state index contributed by atoms with van der Waals surface area (Å²) in [5.41, 5.74) is -5.08. The van der Waals surface area contributed by atoms with Gasteiger partial charge >= 0.3 is 15.6 Å². The van der Waals surface area contributed by atoms with E-state index in [9.17, 15) is 21.6 Å². The third-order valence-electron chi connectivity index (χ3n) is 1.77. The summed E-state index contributed by atoms with van der Waals surface area (Å²) in [5.74, 6) is -0.666. The Bertz CT molecular complexity index is 537. The zero-order chi connectivity index (χ0) is 13.3. The number of hydrogen-bond acceptors (Lipinski definition) is 4. The molecule has 0 aromatic carbocycles. The summed E-state index contributed by atoms with van der Waals surface area (Å²) in [4.78, 5) is 3.69. The van der Waals surface area contributed by atoms with Crippen molar-refractivity contribution in [2.45, 2.75) is 12.4 Å². The Labute approximate surface area is 95.9 Å². The van der Waals surface area contributed by atoms with Crippen LogP contribution >= 0.6 is 0 Å². The molecule has 0 radical (unpaired) electrons. The fourth-order valence-corrected chi connectivity index (χ4v) is 1.44. The molecule has 0 aliphatic rings. The van der Waals surface area contributed by atoms with Crippen molar-refractivity contribution < 1.29 is 25.8 Å². The molecule has 1 aromatic heterocycles. The zero-order valence-corrected chi connectivity index (χ0v) is 9.47. The highest BCUT2D eigenvalue weighted by molar-refractivity contribution is 7.87. The molecule has 4 nitrogen and oxygen atoms in total. The van der Waals surface area contributed by atoms with E-state index in [1.807, 2.05) is 0 Å². The molecule has 0 atom stereocenters. The van der Waals surface area contributed by atoms with Crippen molar-refractivity contribution in [2.24, 2.45) is 0 Å². The lowest BCUT2D eigenvalue weighted by Gasteiger charge is -2.11. The summed E-state index contributed by atoms with van der Waals surface area (Å²) in [6.45, 7) is 4.66. The van der Waals surface area contributed by atoms with E-state index in [-0.39, 0.29) is 5.69 Å². The van der Waals surface area contributed by atoms with Crippen LogP contribution in [0.3, 0.4) is 0 Å². The van der Waals surface area contributed by atoms with Crippen LogP contribution in [0.1, 0.15) is 11.3 Å². The minimum absolute atomic E-state index is 0.0414. The van der Waals surface area contributed by atoms with E-state index >= 15 is 0 Å². The molecule has 94 valence electrons. The first-order valence-electron chi connectivity index (χ1n) is 4.27. The molecule has 0 spiro atoms. The van der Waals surface area contributed by atoms with Crippen molar-refractivity contribution in [1.29, 1.82) is 0 Å². The number of nitrogens with zero attached hydrogens (tertiary/aromatic N) is 1. The fraction of sp³-hybridized carbons (Fsp3) is 0.222. The predicted molar refractivity (Wildman–Crippen MR) is 54.1 cm³/mol. The molecule has 0 N–H and O–H groups in total. The fourth-order valence-electron chi connectivity index (χ4n) is 0.997. The van der Waals surface area contributed by atoms with Gasteiger partial charge in [-0.3, -0.25) is 4.98 Å². The average Bonchev–Trinajstić information content (AvgIpc) is 2.15. The number of rotatable bonds is 3. The number of aryl methyl sites for hydroxylation is 1. The number of pyridine rings is 1. The molecule has 0 aliphatic carbocycles. The molecular weight excluding hydrogens is 259 g/mol. The van der Waals surface area contributed by atoms with E-state index in [4.69, 9.17) is 0 Å². The molecule has 1 rings (SSSR count). The number of halogens is 3. The third kappa shape index (κ3) is 2.96. The molecule has 1 heterocycles. The van der Waals surface area contributed by atoms with Crippen LogP contribution in [0, 0.1) is 6.92 Å². The van der Waals surface area contributed by atoms with Gasteiger partial charge in [0.15, 0.2) is 5.76 Å². The monoisotopic (exact) mass is 267 g/mol. The van der Waals surface area contributed by atoms with E-state index in [0.29, 0.717) is 5.56 Å². The average molecular weight is 267 g/mol. The van der Waals surface area contributed by atoms with E-state index < -0.39 is 21.4 Å². The number of aromatic nitrogens is 1. The van der Waals surface area contributed by atoms with Crippen molar-refractivity contribution in [3.63, 3.8) is 0 Å². The van der Waals surface area contributed by atoms with Gasteiger partial charge in [-0.15, -0.1) is 0 Å². The lowest BCUT2D eigenvalue weighted by molar-refractivity contribution is -0.0509. The van der Waals surface area contributed by atoms with Crippen LogP contribution in [0.15, 0.2) is 24.9 Å². The number of hydrogen-bond donors (Lipinski definition) is 0. The van der Waals surface area contributed by atoms with Crippen molar-refractivity contribution in [3.05, 3.63) is 36.2 Å². The van der Waals surface area contributed by atoms with Crippen LogP contribution in [0.5, 0.6) is 0 Å². The Balaban J connectivity index is 3.00. The van der Waals surface area contributed by atoms with E-state index in [1.54, 1.807) is 6.07 Å². The smallest absolute Gasteiger partial charge is 0.374 e. The van der Waals surface area contributed by atoms with Crippen molar-refractivity contribution in [2.75, 3.05) is 0 Å². The lowest BCUT2D eigenvalue weighted by atomic mass is 10.2. The molecular formula is C9H8F3NO3S. The summed E-state index contributed by atoms with van der Waals surface area (Å²) < 4.78 is 61.4. The first kappa shape index (κ1) is 13.5. The first-order chi connectivity index (χ1) is 7.65. The SMILES string of the molecule is C=C(OS(=O)(=O)C(F)(F)F)c1ncccc1C. The van der Waals surface area contributed by atoms with Gasteiger partial charge in [0.1, 0.15) is 5.69 Å². The summed E-state index contributed by atoms with van der Waals surface area (Å²) in [7, 11) is -5.70. The normalized spacial score (nSPS) is 12.2. The maximum absolute atomic E-state index is 12.0. The number of alkyl halides is 3. The molecule has 0 bridgehead atoms. The zero-order valence-electron chi connectivity index (χ0n) is 8.65. The van der Waals surface area contributed by atoms with Gasteiger partial charge in [-0.25, -0.2) is 0 Å². The minimum atomic E-state index is -5.70. The second-order valence-electron chi connectivity index (χ2n) is 3.08. The molecule has 0 saturated heterocycles. The van der Waals surface area contributed by atoms with Crippen LogP contribution in [-0.2, 0) is 14.3 Å². The highest BCUT2D eigenvalue weighted by Gasteiger charge is 2.48. The van der Waals surface area contributed by atoms with Gasteiger partial charge in [-0.05, 0) is 18.6 Å². The predicted octanol–water partition coefficient (Wildman–Crippen LogP) is 2.23. The summed E-state index contributed by atoms with van der Waals surface area (Å²) in [6.07, 6.45) is 1.29. The third-order valence-corrected chi connectivity index (χ3v) is 2.75. The summed E-state index contributed by atoms with van der Waals surface area (Å²) >= 11 is 0. The Morgan fingerprint density at radius 2 is 2.06 bits per heavy atom. The summed E-state index contributed by atoms with van der Waals surface area (Å²) in [6, 6.07) is 3.08. The molecule has 0 amide bonds. The highest BCUT2D eigenvalue weighted by Crippen LogP contribution is 2.29. The maximum Gasteiger partial charge on any atom is 0.534 e. The van der Waals surface area contributed by atoms with Crippen molar-refractivity contribution in [1.82, 2.24) is 4.98 Å². The maximum atomic E-state index is 12.0. The van der Waals surface area contributed by atoms with Gasteiger partial charge in [0.05, 0.1) is 0 Å². The largest absolute Gasteiger partial charge is 0.534 e. The molecule has 0 saturated carbocycles. The van der Waals surface area contributed by atoms with Crippen molar-refractivity contribution in [3.8, 4) is 0 Å². The quantitative estimate of drug-likeness (QED) is 0.478. The Kier molecular flexibility index (Phi) is 3.46. The minimum Gasteiger partial charge on any atom is -0.374 e. The van der Waals surface area contributed by atoms with Gasteiger partial charge in [0.2, 0.25) is 0 Å². The van der Waals surface area contributed by atoms with Gasteiger partial charge in [-0.1, -0.05) is 12.6 Å². The molecule has 0 unspecified atom stereocenters. The van der Waals surface area contributed by atoms with Crippen molar-refractivity contribution >= 4 is 15.9 Å². The van der Waals surface area contributed by atoms with Gasteiger partial charge in [0.25, 0.3) is 0 Å². The summed E-state index contributed by atoms with van der Waals surface area (Å²) in [5, 5.41) is 0. The van der Waals surface area contributed by atoms with Crippen LogP contribution in [0.25, 0.3) is 5.76 Å². The Morgan fingerprint density at radius 1 is 1.47 bits per heavy atom. The van der Waals surface area contributed by atoms with E-state index in [2.05, 4.69) is 15.7 Å². The van der Waals surface area contributed by atoms with E-state index in [0.717, 1.165) is 0 Å². The molecule has 1 aromatic rings. The standard InChI is InChI=1S/C9H8F3NO3S/c1-6-4-3-5-13-8(6)7(2)16-17(14,15)9(10,11)12/h3-5H,2H2,1H3. The van der Waals surface area contributed by atoms with Crippen LogP contribution in [0.2, 0.25) is 0 Å². The Morgan fingerprint density at radius 3 is 2.53 bits per heavy atom. The Hall–Kier alpha value is -1.57. The molecule has 0 fully saturated rings. The van der Waals surface area contributed by atoms with Crippen LogP contribution in [0.4, 0.5) is 13.2 Å². The second-order valence-corrected chi connectivity index (χ2v) is 4.61. The molecule has 8 heteroatoms. The topological polar surface area (TPSA) is 56.3 Å². The van der Waals surface area contributed by atoms with Gasteiger partial charge in [0, 0.05) is 6.20 Å². The molecule has 17 heavy (non-hydrogen) atoms. The van der Waals surface area contributed by atoms with E-state index in [1.165, 1.54) is 19.2 Å². The lowest BCUT2D eigenvalue weighted by Crippen LogP contribution is -2.25. The van der Waals surface area contributed by atoms with Crippen LogP contribution in [-0.4, -0.2) is 18.9 Å². The molecule has 0 aliphatic heterocycles. The van der Waals surface area contributed by atoms with Gasteiger partial charge < -0.3 is 4.18 Å². The van der Waals surface area contributed by atoms with Gasteiger partial charge in [-0.2, -0.15) is 21.6 Å². The first-order valence-corrected chi connectivity index (χ1v) is 5.67. The van der Waals surface area contributed by atoms with Crippen LogP contribution < -0.4 is 0 Å².